The number of allylic oxidation sites excluding steroid dienone is 4. The van der Waals surface area contributed by atoms with Gasteiger partial charge in [-0.15, -0.1) is 0 Å². The summed E-state index contributed by atoms with van der Waals surface area (Å²) in [4.78, 5) is 35.4. The van der Waals surface area contributed by atoms with Crippen LogP contribution in [0.1, 0.15) is 399 Å². The van der Waals surface area contributed by atoms with Crippen LogP contribution in [-0.4, -0.2) is 49.3 Å². The number of carbonyl (C=O) groups excluding carboxylic acids is 2. The smallest absolute Gasteiger partial charge is 0.462 e. The Labute approximate surface area is 516 Å². The van der Waals surface area contributed by atoms with Crippen molar-refractivity contribution in [2.24, 2.45) is 5.73 Å². The number of unbranched alkanes of at least 4 members (excludes halogenated alkanes) is 54. The third-order valence-corrected chi connectivity index (χ3v) is 17.8. The summed E-state index contributed by atoms with van der Waals surface area (Å²) in [6, 6.07) is 0. The molecule has 0 saturated heterocycles. The fourth-order valence-corrected chi connectivity index (χ4v) is 12.1. The summed E-state index contributed by atoms with van der Waals surface area (Å²) < 4.78 is 33.2. The maximum atomic E-state index is 12.8. The molecule has 0 amide bonds. The summed E-state index contributed by atoms with van der Waals surface area (Å²) in [6.07, 6.45) is 85.8. The van der Waals surface area contributed by atoms with E-state index >= 15 is 0 Å². The fourth-order valence-electron chi connectivity index (χ4n) is 11.3. The average Bonchev–Trinajstić information content (AvgIpc) is 3.48. The van der Waals surface area contributed by atoms with Crippen LogP contribution in [0, 0.1) is 0 Å². The van der Waals surface area contributed by atoms with E-state index < -0.39 is 26.5 Å². The molecule has 3 N–H and O–H groups in total. The molecule has 0 aromatic heterocycles. The zero-order valence-electron chi connectivity index (χ0n) is 55.5. The van der Waals surface area contributed by atoms with E-state index in [9.17, 15) is 19.0 Å². The fraction of sp³-hybridized carbons (Fsp3) is 0.918. The summed E-state index contributed by atoms with van der Waals surface area (Å²) in [5.74, 6) is -0.802. The second-order valence-electron chi connectivity index (χ2n) is 25.2. The molecule has 0 aliphatic rings. The van der Waals surface area contributed by atoms with E-state index in [2.05, 4.69) is 38.2 Å². The first-order chi connectivity index (χ1) is 40.8. The number of rotatable bonds is 71. The number of nitrogens with two attached hydrogens (primary N) is 1. The zero-order valence-corrected chi connectivity index (χ0v) is 56.4. The Morgan fingerprint density at radius 3 is 0.855 bits per heavy atom. The Kier molecular flexibility index (Phi) is 68.3. The molecule has 83 heavy (non-hydrogen) atoms. The predicted octanol–water partition coefficient (Wildman–Crippen LogP) is 24.1. The highest BCUT2D eigenvalue weighted by Gasteiger charge is 2.26. The van der Waals surface area contributed by atoms with Crippen LogP contribution < -0.4 is 5.73 Å². The van der Waals surface area contributed by atoms with Gasteiger partial charge in [0.05, 0.1) is 13.2 Å². The third kappa shape index (κ3) is 69.5. The van der Waals surface area contributed by atoms with Crippen molar-refractivity contribution in [1.82, 2.24) is 0 Å². The van der Waals surface area contributed by atoms with E-state index in [-0.39, 0.29) is 38.6 Å². The SMILES string of the molecule is CCCCCCCCCC/C=C\CCCCCCCCCCCCCCCCCCCCCCCCCC(=O)OC(COC(=O)CCCCCCCCCCCCCCCCC/C=C\CCCCCCCCCC)COP(=O)(O)OCCN. The lowest BCUT2D eigenvalue weighted by Gasteiger charge is -2.19. The van der Waals surface area contributed by atoms with Crippen LogP contribution >= 0.6 is 7.82 Å². The summed E-state index contributed by atoms with van der Waals surface area (Å²) in [5.41, 5.74) is 5.41. The molecule has 0 saturated carbocycles. The highest BCUT2D eigenvalue weighted by Crippen LogP contribution is 2.43. The van der Waals surface area contributed by atoms with Crippen molar-refractivity contribution < 1.29 is 37.6 Å². The van der Waals surface area contributed by atoms with E-state index in [1.54, 1.807) is 0 Å². The van der Waals surface area contributed by atoms with Gasteiger partial charge in [-0.2, -0.15) is 0 Å². The third-order valence-electron chi connectivity index (χ3n) is 16.8. The minimum atomic E-state index is -4.39. The van der Waals surface area contributed by atoms with E-state index in [1.807, 2.05) is 0 Å². The van der Waals surface area contributed by atoms with E-state index in [4.69, 9.17) is 24.3 Å². The first-order valence-electron chi connectivity index (χ1n) is 36.8. The van der Waals surface area contributed by atoms with Gasteiger partial charge in [-0.25, -0.2) is 4.57 Å². The zero-order chi connectivity index (χ0) is 60.1. The van der Waals surface area contributed by atoms with Crippen molar-refractivity contribution in [3.05, 3.63) is 24.3 Å². The van der Waals surface area contributed by atoms with Gasteiger partial charge in [0.1, 0.15) is 6.61 Å². The standard InChI is InChI=1S/C73H142NO8P/c1-3-5-7-9-11-13-15-17-19-21-23-25-27-29-31-32-33-34-35-36-37-38-40-42-44-46-48-50-52-54-56-58-60-62-64-66-73(76)82-71(70-81-83(77,78)80-68-67-74)69-79-72(75)65-63-61-59-57-55-53-51-49-47-45-43-41-39-30-28-26-24-22-20-18-16-14-12-10-8-6-4-2/h21-24,71H,3-20,25-70,74H2,1-2H3,(H,77,78)/b23-21-,24-22-. The molecule has 0 fully saturated rings. The van der Waals surface area contributed by atoms with Gasteiger partial charge < -0.3 is 20.1 Å². The Bertz CT molecular complexity index is 1410. The van der Waals surface area contributed by atoms with Crippen molar-refractivity contribution >= 4 is 19.8 Å². The van der Waals surface area contributed by atoms with Crippen molar-refractivity contribution in [3.63, 3.8) is 0 Å². The first-order valence-corrected chi connectivity index (χ1v) is 38.3. The van der Waals surface area contributed by atoms with Crippen LogP contribution in [0.2, 0.25) is 0 Å². The normalized spacial score (nSPS) is 13.0. The first kappa shape index (κ1) is 81.5. The van der Waals surface area contributed by atoms with Gasteiger partial charge in [0, 0.05) is 19.4 Å². The Balaban J connectivity index is 3.78. The van der Waals surface area contributed by atoms with Crippen molar-refractivity contribution in [2.75, 3.05) is 26.4 Å². The van der Waals surface area contributed by atoms with Crippen LogP contribution in [-0.2, 0) is 32.7 Å². The second kappa shape index (κ2) is 69.6. The second-order valence-corrected chi connectivity index (χ2v) is 26.6. The number of ether oxygens (including phenoxy) is 2. The van der Waals surface area contributed by atoms with Gasteiger partial charge in [-0.1, -0.05) is 346 Å². The van der Waals surface area contributed by atoms with Crippen LogP contribution in [0.3, 0.4) is 0 Å². The van der Waals surface area contributed by atoms with Gasteiger partial charge in [0.15, 0.2) is 6.10 Å². The quantitative estimate of drug-likeness (QED) is 0.0264. The minimum absolute atomic E-state index is 0.0569. The molecule has 0 radical (unpaired) electrons. The molecule has 0 aromatic carbocycles. The lowest BCUT2D eigenvalue weighted by atomic mass is 10.0. The minimum Gasteiger partial charge on any atom is -0.462 e. The molecule has 0 spiro atoms. The Hall–Kier alpha value is -1.51. The summed E-state index contributed by atoms with van der Waals surface area (Å²) in [5, 5.41) is 0. The molecule has 9 nitrogen and oxygen atoms in total. The van der Waals surface area contributed by atoms with Crippen molar-refractivity contribution in [1.29, 1.82) is 0 Å². The monoisotopic (exact) mass is 1190 g/mol. The van der Waals surface area contributed by atoms with Crippen LogP contribution in [0.25, 0.3) is 0 Å². The lowest BCUT2D eigenvalue weighted by Crippen LogP contribution is -2.29. The highest BCUT2D eigenvalue weighted by atomic mass is 31.2. The molecule has 0 heterocycles. The number of carbonyl (C=O) groups is 2. The number of phosphoric acid groups is 1. The number of hydrogen-bond donors (Lipinski definition) is 2. The van der Waals surface area contributed by atoms with Gasteiger partial charge in [0.2, 0.25) is 0 Å². The van der Waals surface area contributed by atoms with E-state index in [0.717, 1.165) is 32.1 Å². The molecule has 492 valence electrons. The summed E-state index contributed by atoms with van der Waals surface area (Å²) in [7, 11) is -4.39. The Morgan fingerprint density at radius 2 is 0.590 bits per heavy atom. The van der Waals surface area contributed by atoms with Crippen molar-refractivity contribution in [2.45, 2.75) is 405 Å². The predicted molar refractivity (Wildman–Crippen MR) is 358 cm³/mol. The molecule has 0 aromatic rings. The van der Waals surface area contributed by atoms with E-state index in [0.29, 0.717) is 6.42 Å². The van der Waals surface area contributed by atoms with Gasteiger partial charge in [-0.3, -0.25) is 18.6 Å². The molecule has 0 aliphatic heterocycles. The highest BCUT2D eigenvalue weighted by molar-refractivity contribution is 7.47. The summed E-state index contributed by atoms with van der Waals surface area (Å²) >= 11 is 0. The maximum absolute atomic E-state index is 12.8. The average molecular weight is 1190 g/mol. The topological polar surface area (TPSA) is 134 Å². The lowest BCUT2D eigenvalue weighted by molar-refractivity contribution is -0.161. The molecule has 0 aliphatic carbocycles. The maximum Gasteiger partial charge on any atom is 0.472 e. The van der Waals surface area contributed by atoms with Crippen LogP contribution in [0.5, 0.6) is 0 Å². The van der Waals surface area contributed by atoms with Gasteiger partial charge in [-0.05, 0) is 64.2 Å². The molecular weight excluding hydrogens is 1050 g/mol. The number of hydrogen-bond acceptors (Lipinski definition) is 8. The molecule has 2 atom stereocenters. The number of esters is 2. The molecular formula is C73H142NO8P. The number of phosphoric ester groups is 1. The molecule has 2 unspecified atom stereocenters. The molecule has 10 heteroatoms. The van der Waals surface area contributed by atoms with E-state index in [1.165, 1.54) is 334 Å². The largest absolute Gasteiger partial charge is 0.472 e. The molecule has 0 rings (SSSR count). The summed E-state index contributed by atoms with van der Waals surface area (Å²) in [6.45, 7) is 3.83. The Morgan fingerprint density at radius 1 is 0.349 bits per heavy atom. The van der Waals surface area contributed by atoms with Crippen LogP contribution in [0.4, 0.5) is 0 Å². The molecule has 0 bridgehead atoms. The van der Waals surface area contributed by atoms with Gasteiger partial charge in [0.25, 0.3) is 0 Å². The van der Waals surface area contributed by atoms with Gasteiger partial charge >= 0.3 is 19.8 Å². The van der Waals surface area contributed by atoms with Crippen molar-refractivity contribution in [3.8, 4) is 0 Å². The van der Waals surface area contributed by atoms with Crippen LogP contribution in [0.15, 0.2) is 24.3 Å².